The summed E-state index contributed by atoms with van der Waals surface area (Å²) in [4.78, 5) is 21.5. The summed E-state index contributed by atoms with van der Waals surface area (Å²) in [5, 5.41) is 3.91. The Kier molecular flexibility index (Phi) is 7.39. The van der Waals surface area contributed by atoms with Crippen molar-refractivity contribution in [2.45, 2.75) is 32.2 Å². The first kappa shape index (κ1) is 22.3. The van der Waals surface area contributed by atoms with Gasteiger partial charge >= 0.3 is 0 Å². The van der Waals surface area contributed by atoms with Crippen LogP contribution in [0.4, 0.5) is 0 Å². The Morgan fingerprint density at radius 1 is 1.31 bits per heavy atom. The van der Waals surface area contributed by atoms with E-state index in [-0.39, 0.29) is 18.4 Å². The molecule has 1 atom stereocenters. The minimum Gasteiger partial charge on any atom is -0.493 e. The lowest BCUT2D eigenvalue weighted by Crippen LogP contribution is -2.32. The van der Waals surface area contributed by atoms with Gasteiger partial charge in [0, 0.05) is 30.2 Å². The number of amides is 1. The minimum atomic E-state index is -0.129. The van der Waals surface area contributed by atoms with Gasteiger partial charge in [-0.1, -0.05) is 35.1 Å². The van der Waals surface area contributed by atoms with Crippen molar-refractivity contribution in [3.05, 3.63) is 70.5 Å². The normalized spacial score (nSPS) is 14.3. The van der Waals surface area contributed by atoms with E-state index in [4.69, 9.17) is 21.1 Å². The lowest BCUT2D eigenvalue weighted by molar-refractivity contribution is -0.120. The highest BCUT2D eigenvalue weighted by Crippen LogP contribution is 2.35. The second-order valence-electron chi connectivity index (χ2n) is 7.69. The number of carbonyl (C=O) groups excluding carboxylic acids is 1. The lowest BCUT2D eigenvalue weighted by Gasteiger charge is -2.09. The van der Waals surface area contributed by atoms with Crippen LogP contribution >= 0.6 is 22.9 Å². The van der Waals surface area contributed by atoms with Crippen LogP contribution in [0.5, 0.6) is 16.7 Å². The number of hydrogen-bond acceptors (Lipinski definition) is 6. The molecule has 3 aromatic rings. The van der Waals surface area contributed by atoms with Gasteiger partial charge in [0.15, 0.2) is 0 Å². The molecule has 0 spiro atoms. The highest BCUT2D eigenvalue weighted by molar-refractivity contribution is 7.14. The third kappa shape index (κ3) is 6.80. The van der Waals surface area contributed by atoms with Crippen LogP contribution in [0.3, 0.4) is 0 Å². The molecule has 0 unspecified atom stereocenters. The molecule has 1 fully saturated rings. The molecule has 2 heterocycles. The fraction of sp³-hybridized carbons (Fsp3) is 0.292. The second kappa shape index (κ2) is 10.6. The molecule has 1 aromatic carbocycles. The summed E-state index contributed by atoms with van der Waals surface area (Å²) >= 11 is 7.73. The number of benzene rings is 1. The molecule has 1 saturated carbocycles. The van der Waals surface area contributed by atoms with E-state index >= 15 is 0 Å². The van der Waals surface area contributed by atoms with Crippen molar-refractivity contribution in [1.29, 1.82) is 0 Å². The van der Waals surface area contributed by atoms with Crippen LogP contribution in [0, 0.1) is 5.92 Å². The summed E-state index contributed by atoms with van der Waals surface area (Å²) in [7, 11) is 0. The number of pyridine rings is 1. The first-order valence-electron chi connectivity index (χ1n) is 10.5. The molecule has 0 aliphatic heterocycles. The molecular weight excluding hydrogens is 446 g/mol. The number of nitrogens with one attached hydrogen (secondary N) is 1. The van der Waals surface area contributed by atoms with Gasteiger partial charge in [-0.25, -0.2) is 4.98 Å². The van der Waals surface area contributed by atoms with E-state index in [2.05, 4.69) is 15.3 Å². The Morgan fingerprint density at radius 2 is 2.19 bits per heavy atom. The Bertz CT molecular complexity index is 1080. The van der Waals surface area contributed by atoms with E-state index in [1.807, 2.05) is 43.3 Å². The molecule has 1 amide bonds. The summed E-state index contributed by atoms with van der Waals surface area (Å²) in [5.74, 6) is 1.89. The molecule has 0 radical (unpaired) electrons. The summed E-state index contributed by atoms with van der Waals surface area (Å²) in [6.45, 7) is 2.65. The summed E-state index contributed by atoms with van der Waals surface area (Å²) in [6, 6.07) is 10.8. The summed E-state index contributed by atoms with van der Waals surface area (Å²) in [5.41, 5.74) is 0.742. The minimum absolute atomic E-state index is 0.0756. The van der Waals surface area contributed by atoms with Crippen LogP contribution in [-0.4, -0.2) is 28.5 Å². The largest absolute Gasteiger partial charge is 0.493 e. The molecule has 6 nitrogen and oxygen atoms in total. The molecule has 0 saturated heterocycles. The average molecular weight is 470 g/mol. The van der Waals surface area contributed by atoms with Gasteiger partial charge < -0.3 is 14.8 Å². The molecule has 166 valence electrons. The van der Waals surface area contributed by atoms with Crippen LogP contribution in [0.15, 0.2) is 54.9 Å². The first-order chi connectivity index (χ1) is 15.5. The van der Waals surface area contributed by atoms with Crippen molar-refractivity contribution in [2.24, 2.45) is 5.92 Å². The van der Waals surface area contributed by atoms with Gasteiger partial charge in [0.1, 0.15) is 11.5 Å². The predicted octanol–water partition coefficient (Wildman–Crippen LogP) is 5.53. The molecule has 1 aliphatic carbocycles. The van der Waals surface area contributed by atoms with E-state index in [0.717, 1.165) is 22.9 Å². The zero-order chi connectivity index (χ0) is 22.3. The number of nitrogens with zero attached hydrogens (tertiary/aromatic N) is 2. The standard InChI is InChI=1S/C24H24ClN3O3S/c1-16(28-23(29)12-18-4-2-3-11-26-18)5-9-20-14-27-24(32-20)31-22-10-8-19(13-21(22)25)30-15-17-6-7-17/h2-5,8-11,13-14,16-17H,6-7,12,15H2,1H3,(H,28,29)/b9-5+/t16-/m0/s1. The molecule has 8 heteroatoms. The Balaban J connectivity index is 1.27. The van der Waals surface area contributed by atoms with Gasteiger partial charge in [-0.05, 0) is 56.0 Å². The third-order valence-corrected chi connectivity index (χ3v) is 5.93. The quantitative estimate of drug-likeness (QED) is 0.422. The molecular formula is C24H24ClN3O3S. The number of thiazole rings is 1. The van der Waals surface area contributed by atoms with Crippen LogP contribution in [-0.2, 0) is 11.2 Å². The molecule has 0 bridgehead atoms. The smallest absolute Gasteiger partial charge is 0.279 e. The second-order valence-corrected chi connectivity index (χ2v) is 9.12. The highest BCUT2D eigenvalue weighted by Gasteiger charge is 2.22. The number of aromatic nitrogens is 2. The van der Waals surface area contributed by atoms with E-state index in [1.165, 1.54) is 24.2 Å². The zero-order valence-electron chi connectivity index (χ0n) is 17.7. The highest BCUT2D eigenvalue weighted by atomic mass is 35.5. The Labute approximate surface area is 196 Å². The molecule has 2 aromatic heterocycles. The van der Waals surface area contributed by atoms with Crippen molar-refractivity contribution >= 4 is 34.9 Å². The van der Waals surface area contributed by atoms with Crippen molar-refractivity contribution in [3.63, 3.8) is 0 Å². The van der Waals surface area contributed by atoms with Crippen molar-refractivity contribution in [1.82, 2.24) is 15.3 Å². The Morgan fingerprint density at radius 3 is 2.94 bits per heavy atom. The van der Waals surface area contributed by atoms with Crippen LogP contribution in [0.2, 0.25) is 5.02 Å². The van der Waals surface area contributed by atoms with Gasteiger partial charge in [0.05, 0.1) is 22.9 Å². The zero-order valence-corrected chi connectivity index (χ0v) is 19.2. The monoisotopic (exact) mass is 469 g/mol. The van der Waals surface area contributed by atoms with Crippen molar-refractivity contribution in [3.8, 4) is 16.7 Å². The van der Waals surface area contributed by atoms with Crippen molar-refractivity contribution in [2.75, 3.05) is 6.61 Å². The SMILES string of the molecule is C[C@@H](/C=C/c1cnc(Oc2ccc(OCC3CC3)cc2Cl)s1)NC(=O)Cc1ccccn1. The lowest BCUT2D eigenvalue weighted by atomic mass is 10.2. The van der Waals surface area contributed by atoms with Gasteiger partial charge in [-0.2, -0.15) is 0 Å². The molecule has 1 aliphatic rings. The average Bonchev–Trinajstić information content (AvgIpc) is 3.50. The van der Waals surface area contributed by atoms with E-state index in [1.54, 1.807) is 24.5 Å². The Hall–Kier alpha value is -2.90. The molecule has 32 heavy (non-hydrogen) atoms. The first-order valence-corrected chi connectivity index (χ1v) is 11.7. The maximum Gasteiger partial charge on any atom is 0.279 e. The van der Waals surface area contributed by atoms with E-state index < -0.39 is 0 Å². The topological polar surface area (TPSA) is 73.3 Å². The third-order valence-electron chi connectivity index (χ3n) is 4.79. The molecule has 1 N–H and O–H groups in total. The fourth-order valence-corrected chi connectivity index (χ4v) is 3.80. The van der Waals surface area contributed by atoms with Crippen LogP contribution in [0.1, 0.15) is 30.3 Å². The summed E-state index contributed by atoms with van der Waals surface area (Å²) in [6.07, 6.45) is 9.96. The maximum absolute atomic E-state index is 12.1. The van der Waals surface area contributed by atoms with Gasteiger partial charge in [-0.3, -0.25) is 9.78 Å². The number of carbonyl (C=O) groups is 1. The number of ether oxygens (including phenoxy) is 2. The summed E-state index contributed by atoms with van der Waals surface area (Å²) < 4.78 is 11.6. The fourth-order valence-electron chi connectivity index (χ4n) is 2.90. The van der Waals surface area contributed by atoms with Gasteiger partial charge in [0.2, 0.25) is 5.91 Å². The predicted molar refractivity (Wildman–Crippen MR) is 126 cm³/mol. The number of hydrogen-bond donors (Lipinski definition) is 1. The van der Waals surface area contributed by atoms with E-state index in [0.29, 0.717) is 21.9 Å². The number of rotatable bonds is 10. The van der Waals surface area contributed by atoms with Crippen LogP contribution in [0.25, 0.3) is 6.08 Å². The van der Waals surface area contributed by atoms with Gasteiger partial charge in [-0.15, -0.1) is 0 Å². The van der Waals surface area contributed by atoms with Crippen molar-refractivity contribution < 1.29 is 14.3 Å². The van der Waals surface area contributed by atoms with Crippen LogP contribution < -0.4 is 14.8 Å². The number of halogens is 1. The maximum atomic E-state index is 12.1. The van der Waals surface area contributed by atoms with E-state index in [9.17, 15) is 4.79 Å². The van der Waals surface area contributed by atoms with Gasteiger partial charge in [0.25, 0.3) is 5.19 Å². The molecule has 4 rings (SSSR count).